The molecule has 1 aromatic carbocycles. The number of hydrogen-bond acceptors (Lipinski definition) is 5. The highest BCUT2D eigenvalue weighted by Gasteiger charge is 2.18. The Morgan fingerprint density at radius 3 is 2.09 bits per heavy atom. The third kappa shape index (κ3) is 6.72. The van der Waals surface area contributed by atoms with Crippen LogP contribution in [-0.2, 0) is 9.59 Å². The summed E-state index contributed by atoms with van der Waals surface area (Å²) in [5.41, 5.74) is 0. The Morgan fingerprint density at radius 1 is 0.957 bits per heavy atom. The average molecular weight is 322 g/mol. The van der Waals surface area contributed by atoms with Crippen molar-refractivity contribution in [1.29, 1.82) is 0 Å². The van der Waals surface area contributed by atoms with Crippen molar-refractivity contribution in [3.8, 4) is 17.2 Å². The van der Waals surface area contributed by atoms with E-state index in [1.54, 1.807) is 18.2 Å². The molecule has 1 aromatic rings. The Bertz CT molecular complexity index is 522. The molecule has 0 atom stereocenters. The molecule has 0 aromatic heterocycles. The summed E-state index contributed by atoms with van der Waals surface area (Å²) in [6.45, 7) is 8.31. The average Bonchev–Trinajstić information content (AvgIpc) is 2.48. The number of hydrogen-bond donors (Lipinski definition) is 0. The highest BCUT2D eigenvalue weighted by molar-refractivity contribution is 5.77. The number of esters is 2. The van der Waals surface area contributed by atoms with E-state index >= 15 is 0 Å². The third-order valence-corrected chi connectivity index (χ3v) is 2.86. The van der Waals surface area contributed by atoms with Crippen LogP contribution in [0, 0.1) is 5.92 Å². The topological polar surface area (TPSA) is 61.8 Å². The second kappa shape index (κ2) is 9.87. The number of ether oxygens (including phenoxy) is 3. The normalized spacial score (nSPS) is 10.5. The van der Waals surface area contributed by atoms with Crippen LogP contribution in [-0.4, -0.2) is 18.5 Å². The van der Waals surface area contributed by atoms with Gasteiger partial charge in [-0.25, -0.2) is 0 Å². The molecule has 0 radical (unpaired) electrons. The van der Waals surface area contributed by atoms with Crippen LogP contribution < -0.4 is 14.2 Å². The van der Waals surface area contributed by atoms with Crippen molar-refractivity contribution in [3.05, 3.63) is 18.2 Å². The van der Waals surface area contributed by atoms with Crippen LogP contribution in [0.15, 0.2) is 18.2 Å². The summed E-state index contributed by atoms with van der Waals surface area (Å²) in [7, 11) is 0. The monoisotopic (exact) mass is 322 g/mol. The maximum atomic E-state index is 11.8. The molecule has 0 spiro atoms. The van der Waals surface area contributed by atoms with E-state index in [9.17, 15) is 9.59 Å². The zero-order valence-electron chi connectivity index (χ0n) is 14.4. The first-order valence-corrected chi connectivity index (χ1v) is 8.15. The summed E-state index contributed by atoms with van der Waals surface area (Å²) in [5, 5.41) is 0. The largest absolute Gasteiger partial charge is 0.489 e. The standard InChI is InChI=1S/C18H26O5/c1-5-8-16(19)22-15-11-7-10-14(21-12-13(3)4)18(15)23-17(20)9-6-2/h7,10-11,13H,5-6,8-9,12H2,1-4H3. The fraction of sp³-hybridized carbons (Fsp3) is 0.556. The molecule has 0 aliphatic heterocycles. The zero-order chi connectivity index (χ0) is 17.2. The number of carbonyl (C=O) groups is 2. The highest BCUT2D eigenvalue weighted by atomic mass is 16.6. The van der Waals surface area contributed by atoms with Gasteiger partial charge in [-0.1, -0.05) is 33.8 Å². The predicted octanol–water partition coefficient (Wildman–Crippen LogP) is 4.13. The van der Waals surface area contributed by atoms with Crippen LogP contribution in [0.4, 0.5) is 0 Å². The first kappa shape index (κ1) is 19.0. The molecule has 0 saturated carbocycles. The van der Waals surface area contributed by atoms with Crippen molar-refractivity contribution in [2.75, 3.05) is 6.61 Å². The molecule has 0 heterocycles. The van der Waals surface area contributed by atoms with Gasteiger partial charge in [-0.15, -0.1) is 0 Å². The molecule has 0 N–H and O–H groups in total. The minimum Gasteiger partial charge on any atom is -0.489 e. The molecule has 0 aliphatic rings. The second-order valence-electron chi connectivity index (χ2n) is 5.74. The number of para-hydroxylation sites is 1. The SMILES string of the molecule is CCCC(=O)Oc1cccc(OCC(C)C)c1OC(=O)CCC. The lowest BCUT2D eigenvalue weighted by Gasteiger charge is -2.16. The molecule has 0 amide bonds. The van der Waals surface area contributed by atoms with E-state index in [4.69, 9.17) is 14.2 Å². The molecular weight excluding hydrogens is 296 g/mol. The van der Waals surface area contributed by atoms with Crippen molar-refractivity contribution in [3.63, 3.8) is 0 Å². The van der Waals surface area contributed by atoms with Crippen molar-refractivity contribution in [2.45, 2.75) is 53.4 Å². The summed E-state index contributed by atoms with van der Waals surface area (Å²) < 4.78 is 16.4. The quantitative estimate of drug-likeness (QED) is 0.505. The van der Waals surface area contributed by atoms with Crippen LogP contribution in [0.5, 0.6) is 17.2 Å². The van der Waals surface area contributed by atoms with Crippen molar-refractivity contribution in [1.82, 2.24) is 0 Å². The van der Waals surface area contributed by atoms with Crippen molar-refractivity contribution >= 4 is 11.9 Å². The highest BCUT2D eigenvalue weighted by Crippen LogP contribution is 2.38. The number of rotatable bonds is 9. The van der Waals surface area contributed by atoms with Crippen LogP contribution in [0.1, 0.15) is 53.4 Å². The molecular formula is C18H26O5. The van der Waals surface area contributed by atoms with Gasteiger partial charge in [-0.3, -0.25) is 9.59 Å². The molecule has 0 bridgehead atoms. The Hall–Kier alpha value is -2.04. The molecule has 1 rings (SSSR count). The van der Waals surface area contributed by atoms with Gasteiger partial charge < -0.3 is 14.2 Å². The molecule has 0 saturated heterocycles. The van der Waals surface area contributed by atoms with Gasteiger partial charge in [0.15, 0.2) is 11.5 Å². The van der Waals surface area contributed by atoms with Gasteiger partial charge in [-0.2, -0.15) is 0 Å². The van der Waals surface area contributed by atoms with Gasteiger partial charge in [0.1, 0.15) is 0 Å². The lowest BCUT2D eigenvalue weighted by atomic mass is 10.2. The molecule has 5 heteroatoms. The van der Waals surface area contributed by atoms with Gasteiger partial charge in [0.25, 0.3) is 0 Å². The van der Waals surface area contributed by atoms with Crippen molar-refractivity contribution < 1.29 is 23.8 Å². The lowest BCUT2D eigenvalue weighted by Crippen LogP contribution is -2.13. The Morgan fingerprint density at radius 2 is 1.52 bits per heavy atom. The molecule has 0 unspecified atom stereocenters. The van der Waals surface area contributed by atoms with Crippen LogP contribution >= 0.6 is 0 Å². The van der Waals surface area contributed by atoms with E-state index in [1.165, 1.54) is 0 Å². The second-order valence-corrected chi connectivity index (χ2v) is 5.74. The molecule has 128 valence electrons. The smallest absolute Gasteiger partial charge is 0.311 e. The van der Waals surface area contributed by atoms with Gasteiger partial charge >= 0.3 is 11.9 Å². The van der Waals surface area contributed by atoms with Gasteiger partial charge in [0, 0.05) is 12.8 Å². The van der Waals surface area contributed by atoms with Gasteiger partial charge in [0.2, 0.25) is 5.75 Å². The van der Waals surface area contributed by atoms with E-state index < -0.39 is 0 Å². The first-order chi connectivity index (χ1) is 11.0. The molecule has 0 aliphatic carbocycles. The summed E-state index contributed by atoms with van der Waals surface area (Å²) in [6, 6.07) is 5.01. The van der Waals surface area contributed by atoms with E-state index in [0.29, 0.717) is 44.0 Å². The van der Waals surface area contributed by atoms with E-state index in [0.717, 1.165) is 0 Å². The molecule has 5 nitrogen and oxygen atoms in total. The van der Waals surface area contributed by atoms with E-state index in [-0.39, 0.29) is 23.4 Å². The fourth-order valence-corrected chi connectivity index (χ4v) is 1.79. The Kier molecular flexibility index (Phi) is 8.16. The zero-order valence-corrected chi connectivity index (χ0v) is 14.4. The minimum atomic E-state index is -0.374. The van der Waals surface area contributed by atoms with Crippen LogP contribution in [0.2, 0.25) is 0 Å². The molecule has 23 heavy (non-hydrogen) atoms. The summed E-state index contributed by atoms with van der Waals surface area (Å²) in [4.78, 5) is 23.6. The van der Waals surface area contributed by atoms with Crippen LogP contribution in [0.3, 0.4) is 0 Å². The van der Waals surface area contributed by atoms with E-state index in [2.05, 4.69) is 0 Å². The third-order valence-electron chi connectivity index (χ3n) is 2.86. The summed E-state index contributed by atoms with van der Waals surface area (Å²) in [5.74, 6) is 0.387. The fourth-order valence-electron chi connectivity index (χ4n) is 1.79. The Labute approximate surface area is 137 Å². The molecule has 0 fully saturated rings. The Balaban J connectivity index is 3.03. The lowest BCUT2D eigenvalue weighted by molar-refractivity contribution is -0.137. The maximum Gasteiger partial charge on any atom is 0.311 e. The summed E-state index contributed by atoms with van der Waals surface area (Å²) >= 11 is 0. The number of carbonyl (C=O) groups excluding carboxylic acids is 2. The minimum absolute atomic E-state index is 0.177. The van der Waals surface area contributed by atoms with Gasteiger partial charge in [0.05, 0.1) is 6.61 Å². The maximum absolute atomic E-state index is 11.8. The van der Waals surface area contributed by atoms with Gasteiger partial charge in [-0.05, 0) is 30.9 Å². The predicted molar refractivity (Wildman–Crippen MR) is 87.9 cm³/mol. The van der Waals surface area contributed by atoms with Crippen LogP contribution in [0.25, 0.3) is 0 Å². The first-order valence-electron chi connectivity index (χ1n) is 8.15. The summed E-state index contributed by atoms with van der Waals surface area (Å²) in [6.07, 6.45) is 1.96. The van der Waals surface area contributed by atoms with E-state index in [1.807, 2.05) is 27.7 Å². The number of benzene rings is 1. The van der Waals surface area contributed by atoms with Crippen molar-refractivity contribution in [2.24, 2.45) is 5.92 Å².